The Labute approximate surface area is 143 Å². The van der Waals surface area contributed by atoms with Gasteiger partial charge in [0.05, 0.1) is 11.8 Å². The minimum absolute atomic E-state index is 0.0613. The van der Waals surface area contributed by atoms with E-state index in [1.165, 1.54) is 6.07 Å². The van der Waals surface area contributed by atoms with E-state index in [1.807, 2.05) is 18.7 Å². The first-order valence-corrected chi connectivity index (χ1v) is 8.65. The number of rotatable bonds is 6. The molecule has 1 aromatic rings. The first kappa shape index (κ1) is 18.7. The second kappa shape index (κ2) is 8.44. The van der Waals surface area contributed by atoms with Crippen LogP contribution in [0.5, 0.6) is 0 Å². The summed E-state index contributed by atoms with van der Waals surface area (Å²) in [5, 5.41) is 12.4. The summed E-state index contributed by atoms with van der Waals surface area (Å²) >= 11 is 0. The van der Waals surface area contributed by atoms with Crippen molar-refractivity contribution in [1.29, 1.82) is 0 Å². The van der Waals surface area contributed by atoms with Crippen LogP contribution in [0, 0.1) is 11.7 Å². The average Bonchev–Trinajstić information content (AvgIpc) is 2.59. The highest BCUT2D eigenvalue weighted by atomic mass is 19.1. The number of hydrogen-bond donors (Lipinski definition) is 2. The summed E-state index contributed by atoms with van der Waals surface area (Å²) in [6, 6.07) is 4.59. The molecular weight excluding hydrogens is 309 g/mol. The summed E-state index contributed by atoms with van der Waals surface area (Å²) in [6.45, 7) is 10.5. The zero-order valence-corrected chi connectivity index (χ0v) is 14.8. The van der Waals surface area contributed by atoms with Gasteiger partial charge in [-0.15, -0.1) is 0 Å². The number of aliphatic hydroxyl groups excluding tert-OH is 1. The summed E-state index contributed by atoms with van der Waals surface area (Å²) in [7, 11) is 0. The zero-order chi connectivity index (χ0) is 17.7. The standard InChI is InChI=1S/C18H28FN3O2/c1-4-21-7-9-22(10-8-21)16-6-5-14(11-15(16)19)18(24)20-12-17(23)13(2)3/h5-6,11,13,17,23H,4,7-10,12H2,1-3H3,(H,20,24). The summed E-state index contributed by atoms with van der Waals surface area (Å²) in [6.07, 6.45) is -0.604. The van der Waals surface area contributed by atoms with E-state index in [0.717, 1.165) is 32.7 Å². The topological polar surface area (TPSA) is 55.8 Å². The van der Waals surface area contributed by atoms with Crippen LogP contribution in [0.3, 0.4) is 0 Å². The van der Waals surface area contributed by atoms with E-state index < -0.39 is 6.10 Å². The van der Waals surface area contributed by atoms with Crippen LogP contribution >= 0.6 is 0 Å². The van der Waals surface area contributed by atoms with E-state index >= 15 is 0 Å². The van der Waals surface area contributed by atoms with E-state index in [4.69, 9.17) is 0 Å². The predicted molar refractivity (Wildman–Crippen MR) is 93.9 cm³/mol. The van der Waals surface area contributed by atoms with E-state index in [1.54, 1.807) is 12.1 Å². The van der Waals surface area contributed by atoms with Crippen molar-refractivity contribution in [3.8, 4) is 0 Å². The Hall–Kier alpha value is -1.66. The van der Waals surface area contributed by atoms with Gasteiger partial charge in [0.2, 0.25) is 0 Å². The van der Waals surface area contributed by atoms with Crippen LogP contribution in [-0.4, -0.2) is 61.3 Å². The third-order valence-corrected chi connectivity index (χ3v) is 4.61. The number of anilines is 1. The van der Waals surface area contributed by atoms with Gasteiger partial charge in [-0.05, 0) is 30.7 Å². The number of aliphatic hydroxyl groups is 1. The quantitative estimate of drug-likeness (QED) is 0.830. The van der Waals surface area contributed by atoms with Gasteiger partial charge < -0.3 is 20.2 Å². The molecule has 134 valence electrons. The summed E-state index contributed by atoms with van der Waals surface area (Å²) in [5.74, 6) is -0.681. The molecule has 0 bridgehead atoms. The molecule has 1 unspecified atom stereocenters. The number of benzene rings is 1. The maximum absolute atomic E-state index is 14.4. The fourth-order valence-electron chi connectivity index (χ4n) is 2.74. The van der Waals surface area contributed by atoms with Crippen molar-refractivity contribution in [1.82, 2.24) is 10.2 Å². The molecule has 5 nitrogen and oxygen atoms in total. The van der Waals surface area contributed by atoms with Crippen LogP contribution < -0.4 is 10.2 Å². The second-order valence-electron chi connectivity index (χ2n) is 6.61. The summed E-state index contributed by atoms with van der Waals surface area (Å²) < 4.78 is 14.4. The maximum atomic E-state index is 14.4. The van der Waals surface area contributed by atoms with Gasteiger partial charge in [0, 0.05) is 38.3 Å². The number of nitrogens with one attached hydrogen (secondary N) is 1. The Morgan fingerprint density at radius 1 is 1.29 bits per heavy atom. The van der Waals surface area contributed by atoms with E-state index in [2.05, 4.69) is 17.1 Å². The van der Waals surface area contributed by atoms with E-state index in [0.29, 0.717) is 5.69 Å². The Morgan fingerprint density at radius 2 is 1.96 bits per heavy atom. The molecule has 0 saturated carbocycles. The summed E-state index contributed by atoms with van der Waals surface area (Å²) in [5.41, 5.74) is 0.823. The van der Waals surface area contributed by atoms with Crippen LogP contribution in [-0.2, 0) is 0 Å². The van der Waals surface area contributed by atoms with E-state index in [-0.39, 0.29) is 29.8 Å². The predicted octanol–water partition coefficient (Wildman–Crippen LogP) is 1.71. The fourth-order valence-corrected chi connectivity index (χ4v) is 2.74. The lowest BCUT2D eigenvalue weighted by Gasteiger charge is -2.35. The highest BCUT2D eigenvalue weighted by molar-refractivity contribution is 5.94. The molecular formula is C18H28FN3O2. The molecule has 1 atom stereocenters. The molecule has 2 rings (SSSR count). The Kier molecular flexibility index (Phi) is 6.57. The van der Waals surface area contributed by atoms with Crippen LogP contribution in [0.1, 0.15) is 31.1 Å². The van der Waals surface area contributed by atoms with Gasteiger partial charge in [0.25, 0.3) is 5.91 Å². The molecule has 0 spiro atoms. The molecule has 0 aliphatic carbocycles. The molecule has 1 aromatic carbocycles. The number of carbonyl (C=O) groups is 1. The van der Waals surface area contributed by atoms with Crippen LogP contribution in [0.25, 0.3) is 0 Å². The normalized spacial score (nSPS) is 17.2. The van der Waals surface area contributed by atoms with Crippen molar-refractivity contribution in [3.05, 3.63) is 29.6 Å². The molecule has 24 heavy (non-hydrogen) atoms. The largest absolute Gasteiger partial charge is 0.391 e. The Balaban J connectivity index is 1.98. The molecule has 1 aliphatic heterocycles. The number of nitrogens with zero attached hydrogens (tertiary/aromatic N) is 2. The van der Waals surface area contributed by atoms with Crippen LogP contribution in [0.15, 0.2) is 18.2 Å². The number of amides is 1. The maximum Gasteiger partial charge on any atom is 0.251 e. The SMILES string of the molecule is CCN1CCN(c2ccc(C(=O)NCC(O)C(C)C)cc2F)CC1. The first-order valence-electron chi connectivity index (χ1n) is 8.65. The highest BCUT2D eigenvalue weighted by Gasteiger charge is 2.20. The number of piperazine rings is 1. The highest BCUT2D eigenvalue weighted by Crippen LogP contribution is 2.22. The van der Waals surface area contributed by atoms with Gasteiger partial charge in [-0.2, -0.15) is 0 Å². The van der Waals surface area contributed by atoms with Crippen molar-refractivity contribution in [2.75, 3.05) is 44.2 Å². The lowest BCUT2D eigenvalue weighted by atomic mass is 10.1. The van der Waals surface area contributed by atoms with Crippen molar-refractivity contribution in [2.45, 2.75) is 26.9 Å². The molecule has 1 saturated heterocycles. The van der Waals surface area contributed by atoms with Crippen molar-refractivity contribution >= 4 is 11.6 Å². The number of carbonyl (C=O) groups excluding carboxylic acids is 1. The molecule has 1 heterocycles. The van der Waals surface area contributed by atoms with Gasteiger partial charge in [-0.1, -0.05) is 20.8 Å². The van der Waals surface area contributed by atoms with Crippen LogP contribution in [0.4, 0.5) is 10.1 Å². The van der Waals surface area contributed by atoms with E-state index in [9.17, 15) is 14.3 Å². The molecule has 2 N–H and O–H groups in total. The molecule has 1 fully saturated rings. The minimum atomic E-state index is -0.604. The van der Waals surface area contributed by atoms with Crippen molar-refractivity contribution < 1.29 is 14.3 Å². The van der Waals surface area contributed by atoms with Gasteiger partial charge in [-0.25, -0.2) is 4.39 Å². The monoisotopic (exact) mass is 337 g/mol. The third kappa shape index (κ3) is 4.68. The molecule has 0 radical (unpaired) electrons. The van der Waals surface area contributed by atoms with Gasteiger partial charge in [0.15, 0.2) is 0 Å². The number of halogens is 1. The number of likely N-dealkylation sites (N-methyl/N-ethyl adjacent to an activating group) is 1. The smallest absolute Gasteiger partial charge is 0.251 e. The Morgan fingerprint density at radius 3 is 2.50 bits per heavy atom. The van der Waals surface area contributed by atoms with Crippen molar-refractivity contribution in [3.63, 3.8) is 0 Å². The summed E-state index contributed by atoms with van der Waals surface area (Å²) in [4.78, 5) is 16.4. The van der Waals surface area contributed by atoms with Crippen molar-refractivity contribution in [2.24, 2.45) is 5.92 Å². The van der Waals surface area contributed by atoms with Crippen LogP contribution in [0.2, 0.25) is 0 Å². The first-order chi connectivity index (χ1) is 11.4. The Bertz CT molecular complexity index is 557. The lowest BCUT2D eigenvalue weighted by Crippen LogP contribution is -2.46. The van der Waals surface area contributed by atoms with Gasteiger partial charge in [-0.3, -0.25) is 4.79 Å². The average molecular weight is 337 g/mol. The molecule has 0 aromatic heterocycles. The minimum Gasteiger partial charge on any atom is -0.391 e. The lowest BCUT2D eigenvalue weighted by molar-refractivity contribution is 0.0871. The molecule has 1 aliphatic rings. The second-order valence-corrected chi connectivity index (χ2v) is 6.61. The molecule has 6 heteroatoms. The molecule has 1 amide bonds. The zero-order valence-electron chi connectivity index (χ0n) is 14.8. The van der Waals surface area contributed by atoms with Gasteiger partial charge >= 0.3 is 0 Å². The number of hydrogen-bond acceptors (Lipinski definition) is 4. The fraction of sp³-hybridized carbons (Fsp3) is 0.611. The third-order valence-electron chi connectivity index (χ3n) is 4.61. The van der Waals surface area contributed by atoms with Gasteiger partial charge in [0.1, 0.15) is 5.82 Å².